The quantitative estimate of drug-likeness (QED) is 0.408. The molecular weight excluding hydrogens is 228 g/mol. The predicted molar refractivity (Wildman–Crippen MR) is 59.3 cm³/mol. The number of unbranched alkanes of at least 4 members (excludes halogenated alkanes) is 1. The van der Waals surface area contributed by atoms with E-state index in [1.807, 2.05) is 0 Å². The van der Waals surface area contributed by atoms with E-state index in [-0.39, 0.29) is 19.3 Å². The second-order valence-electron chi connectivity index (χ2n) is 3.68. The first-order chi connectivity index (χ1) is 7.93. The number of carbonyl (C=O) groups is 3. The molecule has 0 saturated heterocycles. The summed E-state index contributed by atoms with van der Waals surface area (Å²) in [5.74, 6) is -2.26. The molecule has 0 aliphatic heterocycles. The van der Waals surface area contributed by atoms with Crippen molar-refractivity contribution in [3.63, 3.8) is 0 Å². The number of carboxylic acid groups (broad SMARTS) is 2. The van der Waals surface area contributed by atoms with E-state index in [1.165, 1.54) is 0 Å². The minimum absolute atomic E-state index is 0.0704. The van der Waals surface area contributed by atoms with Crippen LogP contribution < -0.4 is 11.1 Å². The summed E-state index contributed by atoms with van der Waals surface area (Å²) in [6.07, 6.45) is 1.06. The molecule has 0 aromatic heterocycles. The van der Waals surface area contributed by atoms with Crippen molar-refractivity contribution in [2.45, 2.75) is 38.1 Å². The van der Waals surface area contributed by atoms with Crippen molar-refractivity contribution in [2.75, 3.05) is 6.54 Å². The van der Waals surface area contributed by atoms with Crippen LogP contribution in [0, 0.1) is 0 Å². The first-order valence-corrected chi connectivity index (χ1v) is 5.40. The summed E-state index contributed by atoms with van der Waals surface area (Å²) in [7, 11) is 0. The number of aliphatic carboxylic acids is 2. The fourth-order valence-electron chi connectivity index (χ4n) is 1.15. The summed E-state index contributed by atoms with van der Waals surface area (Å²) >= 11 is 0. The molecule has 0 bridgehead atoms. The molecule has 1 atom stereocenters. The van der Waals surface area contributed by atoms with Gasteiger partial charge in [-0.05, 0) is 19.3 Å². The molecule has 7 nitrogen and oxygen atoms in total. The zero-order valence-corrected chi connectivity index (χ0v) is 9.52. The van der Waals surface area contributed by atoms with Crippen molar-refractivity contribution in [3.05, 3.63) is 0 Å². The average molecular weight is 246 g/mol. The normalized spacial score (nSPS) is 11.8. The van der Waals surface area contributed by atoms with Crippen LogP contribution in [0.5, 0.6) is 0 Å². The highest BCUT2D eigenvalue weighted by atomic mass is 16.4. The summed E-state index contributed by atoms with van der Waals surface area (Å²) < 4.78 is 0. The highest BCUT2D eigenvalue weighted by Crippen LogP contribution is 1.96. The smallest absolute Gasteiger partial charge is 0.303 e. The maximum absolute atomic E-state index is 11.3. The van der Waals surface area contributed by atoms with Crippen molar-refractivity contribution in [2.24, 2.45) is 5.73 Å². The molecule has 7 heteroatoms. The number of hydrogen-bond acceptors (Lipinski definition) is 4. The number of carboxylic acids is 2. The van der Waals surface area contributed by atoms with Gasteiger partial charge in [0.25, 0.3) is 0 Å². The van der Waals surface area contributed by atoms with Crippen LogP contribution in [0.2, 0.25) is 0 Å². The first kappa shape index (κ1) is 15.4. The second-order valence-corrected chi connectivity index (χ2v) is 3.68. The molecule has 0 radical (unpaired) electrons. The Morgan fingerprint density at radius 2 is 1.65 bits per heavy atom. The lowest BCUT2D eigenvalue weighted by molar-refractivity contribution is -0.138. The molecule has 17 heavy (non-hydrogen) atoms. The lowest BCUT2D eigenvalue weighted by Crippen LogP contribution is -2.41. The average Bonchev–Trinajstić information content (AvgIpc) is 2.24. The Balaban J connectivity index is 3.57. The maximum Gasteiger partial charge on any atom is 0.303 e. The van der Waals surface area contributed by atoms with E-state index in [4.69, 9.17) is 15.9 Å². The van der Waals surface area contributed by atoms with E-state index in [1.54, 1.807) is 0 Å². The van der Waals surface area contributed by atoms with Crippen LogP contribution in [0.1, 0.15) is 32.1 Å². The van der Waals surface area contributed by atoms with Crippen LogP contribution in [0.3, 0.4) is 0 Å². The molecule has 1 amide bonds. The fraction of sp³-hybridized carbons (Fsp3) is 0.700. The Bertz CT molecular complexity index is 280. The van der Waals surface area contributed by atoms with E-state index < -0.39 is 23.9 Å². The molecule has 0 rings (SSSR count). The third kappa shape index (κ3) is 9.31. The number of carbonyl (C=O) groups excluding carboxylic acids is 1. The monoisotopic (exact) mass is 246 g/mol. The lowest BCUT2D eigenvalue weighted by atomic mass is 10.1. The van der Waals surface area contributed by atoms with Gasteiger partial charge in [-0.2, -0.15) is 0 Å². The van der Waals surface area contributed by atoms with Gasteiger partial charge in [0.15, 0.2) is 0 Å². The van der Waals surface area contributed by atoms with E-state index in [0.717, 1.165) is 0 Å². The minimum atomic E-state index is -0.991. The summed E-state index contributed by atoms with van der Waals surface area (Å²) in [5.41, 5.74) is 5.46. The Morgan fingerprint density at radius 1 is 1.06 bits per heavy atom. The third-order valence-corrected chi connectivity index (χ3v) is 2.12. The first-order valence-electron chi connectivity index (χ1n) is 5.40. The van der Waals surface area contributed by atoms with Crippen molar-refractivity contribution in [3.8, 4) is 0 Å². The minimum Gasteiger partial charge on any atom is -0.481 e. The molecule has 98 valence electrons. The van der Waals surface area contributed by atoms with Gasteiger partial charge in [-0.25, -0.2) is 0 Å². The van der Waals surface area contributed by atoms with Crippen molar-refractivity contribution < 1.29 is 24.6 Å². The van der Waals surface area contributed by atoms with E-state index >= 15 is 0 Å². The Kier molecular flexibility index (Phi) is 7.70. The molecule has 0 saturated carbocycles. The zero-order valence-electron chi connectivity index (χ0n) is 9.52. The third-order valence-electron chi connectivity index (χ3n) is 2.12. The van der Waals surface area contributed by atoms with Crippen LogP contribution in [-0.2, 0) is 14.4 Å². The highest BCUT2D eigenvalue weighted by Gasteiger charge is 2.13. The van der Waals surface area contributed by atoms with Crippen LogP contribution in [0.15, 0.2) is 0 Å². The fourth-order valence-corrected chi connectivity index (χ4v) is 1.15. The number of hydrogen-bond donors (Lipinski definition) is 4. The van der Waals surface area contributed by atoms with Gasteiger partial charge in [-0.15, -0.1) is 0 Å². The summed E-state index contributed by atoms with van der Waals surface area (Å²) in [4.78, 5) is 31.7. The van der Waals surface area contributed by atoms with Gasteiger partial charge in [0.05, 0.1) is 6.04 Å². The van der Waals surface area contributed by atoms with Gasteiger partial charge in [0, 0.05) is 19.4 Å². The SMILES string of the molecule is NC(CCC(=O)O)C(=O)NCCCCC(=O)O. The van der Waals surface area contributed by atoms with Gasteiger partial charge < -0.3 is 21.3 Å². The van der Waals surface area contributed by atoms with E-state index in [0.29, 0.717) is 19.4 Å². The molecule has 0 heterocycles. The molecule has 0 spiro atoms. The molecule has 0 aliphatic carbocycles. The summed E-state index contributed by atoms with van der Waals surface area (Å²) in [5, 5.41) is 19.3. The number of nitrogens with two attached hydrogens (primary N) is 1. The standard InChI is InChI=1S/C10H18N2O5/c11-7(4-5-9(15)16)10(17)12-6-2-1-3-8(13)14/h7H,1-6,11H2,(H,12,17)(H,13,14)(H,15,16). The largest absolute Gasteiger partial charge is 0.481 e. The number of amides is 1. The lowest BCUT2D eigenvalue weighted by Gasteiger charge is -2.10. The van der Waals surface area contributed by atoms with Crippen molar-refractivity contribution in [1.29, 1.82) is 0 Å². The molecule has 0 fully saturated rings. The van der Waals surface area contributed by atoms with Gasteiger partial charge in [-0.1, -0.05) is 0 Å². The molecule has 5 N–H and O–H groups in total. The summed E-state index contributed by atoms with van der Waals surface area (Å²) in [6, 6.07) is -0.828. The topological polar surface area (TPSA) is 130 Å². The molecule has 0 aliphatic rings. The zero-order chi connectivity index (χ0) is 13.3. The Labute approximate surface area is 99.0 Å². The van der Waals surface area contributed by atoms with Crippen LogP contribution in [0.4, 0.5) is 0 Å². The number of nitrogens with one attached hydrogen (secondary N) is 1. The van der Waals surface area contributed by atoms with Gasteiger partial charge in [0.1, 0.15) is 0 Å². The van der Waals surface area contributed by atoms with Crippen molar-refractivity contribution in [1.82, 2.24) is 5.32 Å². The van der Waals surface area contributed by atoms with Crippen molar-refractivity contribution >= 4 is 17.8 Å². The molecule has 0 aromatic rings. The number of rotatable bonds is 9. The molecule has 1 unspecified atom stereocenters. The summed E-state index contributed by atoms with van der Waals surface area (Å²) in [6.45, 7) is 0.354. The highest BCUT2D eigenvalue weighted by molar-refractivity contribution is 5.82. The van der Waals surface area contributed by atoms with Crippen LogP contribution in [0.25, 0.3) is 0 Å². The Hall–Kier alpha value is -1.63. The maximum atomic E-state index is 11.3. The van der Waals surface area contributed by atoms with Crippen LogP contribution >= 0.6 is 0 Å². The Morgan fingerprint density at radius 3 is 2.18 bits per heavy atom. The van der Waals surface area contributed by atoms with Gasteiger partial charge >= 0.3 is 11.9 Å². The van der Waals surface area contributed by atoms with Gasteiger partial charge in [0.2, 0.25) is 5.91 Å². The van der Waals surface area contributed by atoms with Crippen LogP contribution in [-0.4, -0.2) is 40.6 Å². The molecular formula is C10H18N2O5. The predicted octanol–water partition coefficient (Wildman–Crippen LogP) is -0.450. The molecule has 0 aromatic carbocycles. The van der Waals surface area contributed by atoms with E-state index in [2.05, 4.69) is 5.32 Å². The second kappa shape index (κ2) is 8.51. The van der Waals surface area contributed by atoms with Gasteiger partial charge in [-0.3, -0.25) is 14.4 Å². The van der Waals surface area contributed by atoms with E-state index in [9.17, 15) is 14.4 Å².